The average molecular weight is 416 g/mol. The summed E-state index contributed by atoms with van der Waals surface area (Å²) >= 11 is 0. The van der Waals surface area contributed by atoms with Crippen molar-refractivity contribution in [1.29, 1.82) is 0 Å². The molecule has 1 aromatic carbocycles. The quantitative estimate of drug-likeness (QED) is 0.711. The maximum absolute atomic E-state index is 12.6. The highest BCUT2D eigenvalue weighted by Crippen LogP contribution is 2.16. The fraction of sp³-hybridized carbons (Fsp3) is 0.381. The van der Waals surface area contributed by atoms with Crippen LogP contribution in [0.15, 0.2) is 45.8 Å². The van der Waals surface area contributed by atoms with Gasteiger partial charge in [0.25, 0.3) is 5.91 Å². The summed E-state index contributed by atoms with van der Waals surface area (Å²) in [5, 5.41) is 0. The number of carbonyl (C=O) groups is 2. The van der Waals surface area contributed by atoms with E-state index in [9.17, 15) is 14.4 Å². The molecule has 2 amide bonds. The first kappa shape index (κ1) is 21.2. The number of nitrogens with zero attached hydrogens (tertiary/aromatic N) is 2. The molecule has 0 N–H and O–H groups in total. The minimum atomic E-state index is -0.447. The first-order valence-corrected chi connectivity index (χ1v) is 9.61. The molecular formula is C21H24N2O7. The van der Waals surface area contributed by atoms with Gasteiger partial charge in [-0.25, -0.2) is 4.79 Å². The van der Waals surface area contributed by atoms with E-state index in [1.54, 1.807) is 25.0 Å². The Labute approximate surface area is 173 Å². The monoisotopic (exact) mass is 416 g/mol. The Kier molecular flexibility index (Phi) is 6.95. The van der Waals surface area contributed by atoms with Crippen molar-refractivity contribution in [3.63, 3.8) is 0 Å². The summed E-state index contributed by atoms with van der Waals surface area (Å²) in [5.41, 5.74) is 0.381. The molecule has 160 valence electrons. The van der Waals surface area contributed by atoms with Crippen LogP contribution in [-0.2, 0) is 11.3 Å². The van der Waals surface area contributed by atoms with Gasteiger partial charge in [0, 0.05) is 32.2 Å². The molecule has 1 aliphatic rings. The van der Waals surface area contributed by atoms with Crippen molar-refractivity contribution in [3.05, 3.63) is 58.1 Å². The number of amides is 2. The van der Waals surface area contributed by atoms with Crippen molar-refractivity contribution in [3.8, 4) is 11.5 Å². The maximum atomic E-state index is 12.6. The minimum absolute atomic E-state index is 0.0153. The topological polar surface area (TPSA) is 98.5 Å². The molecule has 0 bridgehead atoms. The second-order valence-electron chi connectivity index (χ2n) is 6.59. The van der Waals surface area contributed by atoms with E-state index in [2.05, 4.69) is 0 Å². The Bertz CT molecular complexity index is 948. The molecule has 0 atom stereocenters. The molecule has 0 radical (unpaired) electrons. The summed E-state index contributed by atoms with van der Waals surface area (Å²) in [5.74, 6) is 0.224. The van der Waals surface area contributed by atoms with E-state index in [1.165, 1.54) is 4.90 Å². The number of hydrogen-bond donors (Lipinski definition) is 0. The number of rotatable bonds is 6. The Morgan fingerprint density at radius 1 is 1.10 bits per heavy atom. The van der Waals surface area contributed by atoms with Gasteiger partial charge in [-0.3, -0.25) is 9.59 Å². The van der Waals surface area contributed by atoms with Crippen LogP contribution < -0.4 is 14.9 Å². The summed E-state index contributed by atoms with van der Waals surface area (Å²) in [6.07, 6.45) is 0.749. The lowest BCUT2D eigenvalue weighted by molar-refractivity contribution is 0.0543. The third-order valence-electron chi connectivity index (χ3n) is 4.63. The summed E-state index contributed by atoms with van der Waals surface area (Å²) in [6, 6.07) is 8.41. The van der Waals surface area contributed by atoms with Crippen LogP contribution >= 0.6 is 0 Å². The predicted octanol–water partition coefficient (Wildman–Crippen LogP) is 2.14. The second kappa shape index (κ2) is 9.82. The zero-order valence-electron chi connectivity index (χ0n) is 17.0. The van der Waals surface area contributed by atoms with Crippen molar-refractivity contribution >= 4 is 12.0 Å². The van der Waals surface area contributed by atoms with Gasteiger partial charge in [0.15, 0.2) is 5.76 Å². The van der Waals surface area contributed by atoms with Gasteiger partial charge in [0.2, 0.25) is 11.2 Å². The first-order chi connectivity index (χ1) is 14.5. The lowest BCUT2D eigenvalue weighted by Crippen LogP contribution is -2.50. The minimum Gasteiger partial charge on any atom is -0.497 e. The van der Waals surface area contributed by atoms with Gasteiger partial charge < -0.3 is 28.4 Å². The van der Waals surface area contributed by atoms with Crippen LogP contribution in [0.2, 0.25) is 0 Å². The Morgan fingerprint density at radius 3 is 2.50 bits per heavy atom. The number of ether oxygens (including phenoxy) is 3. The highest BCUT2D eigenvalue weighted by atomic mass is 16.6. The number of piperazine rings is 1. The lowest BCUT2D eigenvalue weighted by Gasteiger charge is -2.33. The maximum Gasteiger partial charge on any atom is 0.409 e. The lowest BCUT2D eigenvalue weighted by atomic mass is 10.2. The average Bonchev–Trinajstić information content (AvgIpc) is 2.78. The SMILES string of the molecule is CCOC(=O)N1CCN(C(=O)c2cc(=O)c(OCc3cccc(OC)c3)co2)CC1. The van der Waals surface area contributed by atoms with Crippen LogP contribution in [0.3, 0.4) is 0 Å². The number of hydrogen-bond acceptors (Lipinski definition) is 7. The van der Waals surface area contributed by atoms with Crippen LogP contribution in [0.4, 0.5) is 4.79 Å². The molecule has 30 heavy (non-hydrogen) atoms. The largest absolute Gasteiger partial charge is 0.497 e. The van der Waals surface area contributed by atoms with Gasteiger partial charge in [-0.15, -0.1) is 0 Å². The fourth-order valence-corrected chi connectivity index (χ4v) is 3.00. The van der Waals surface area contributed by atoms with Crippen LogP contribution in [0, 0.1) is 0 Å². The van der Waals surface area contributed by atoms with E-state index in [-0.39, 0.29) is 18.1 Å². The van der Waals surface area contributed by atoms with E-state index in [0.29, 0.717) is 38.5 Å². The number of carbonyl (C=O) groups excluding carboxylic acids is 2. The zero-order valence-corrected chi connectivity index (χ0v) is 17.0. The van der Waals surface area contributed by atoms with E-state index >= 15 is 0 Å². The van der Waals surface area contributed by atoms with Gasteiger partial charge in [-0.2, -0.15) is 0 Å². The summed E-state index contributed by atoms with van der Waals surface area (Å²) < 4.78 is 21.0. The molecule has 0 aliphatic carbocycles. The normalized spacial score (nSPS) is 13.7. The molecule has 2 heterocycles. The van der Waals surface area contributed by atoms with Gasteiger partial charge in [-0.1, -0.05) is 12.1 Å². The number of benzene rings is 1. The van der Waals surface area contributed by atoms with E-state index in [0.717, 1.165) is 17.9 Å². The predicted molar refractivity (Wildman–Crippen MR) is 107 cm³/mol. The standard InChI is InChI=1S/C21H24N2O7/c1-3-28-21(26)23-9-7-22(8-10-23)20(25)18-12-17(24)19(14-30-18)29-13-15-5-4-6-16(11-15)27-2/h4-6,11-12,14H,3,7-10,13H2,1-2H3. The molecule has 1 saturated heterocycles. The Hall–Kier alpha value is -3.49. The molecule has 0 saturated carbocycles. The molecule has 1 fully saturated rings. The summed E-state index contributed by atoms with van der Waals surface area (Å²) in [4.78, 5) is 39.8. The van der Waals surface area contributed by atoms with Crippen LogP contribution in [0.5, 0.6) is 11.5 Å². The zero-order chi connectivity index (χ0) is 21.5. The summed E-state index contributed by atoms with van der Waals surface area (Å²) in [6.45, 7) is 3.57. The first-order valence-electron chi connectivity index (χ1n) is 9.61. The Morgan fingerprint density at radius 2 is 1.83 bits per heavy atom. The highest BCUT2D eigenvalue weighted by Gasteiger charge is 2.27. The van der Waals surface area contributed by atoms with Gasteiger partial charge in [-0.05, 0) is 24.6 Å². The van der Waals surface area contributed by atoms with E-state index in [4.69, 9.17) is 18.6 Å². The fourth-order valence-electron chi connectivity index (χ4n) is 3.00. The Balaban J connectivity index is 1.59. The van der Waals surface area contributed by atoms with Crippen molar-refractivity contribution in [2.24, 2.45) is 0 Å². The van der Waals surface area contributed by atoms with Crippen molar-refractivity contribution in [2.75, 3.05) is 39.9 Å². The van der Waals surface area contributed by atoms with E-state index < -0.39 is 17.4 Å². The summed E-state index contributed by atoms with van der Waals surface area (Å²) in [7, 11) is 1.57. The number of methoxy groups -OCH3 is 1. The molecule has 2 aromatic rings. The molecule has 9 nitrogen and oxygen atoms in total. The molecule has 1 aliphatic heterocycles. The molecular weight excluding hydrogens is 392 g/mol. The van der Waals surface area contributed by atoms with Crippen LogP contribution in [0.1, 0.15) is 23.0 Å². The molecule has 1 aromatic heterocycles. The molecule has 3 rings (SSSR count). The molecule has 0 unspecified atom stereocenters. The third-order valence-corrected chi connectivity index (χ3v) is 4.63. The van der Waals surface area contributed by atoms with Crippen LogP contribution in [-0.4, -0.2) is 61.7 Å². The smallest absolute Gasteiger partial charge is 0.409 e. The molecule has 9 heteroatoms. The van der Waals surface area contributed by atoms with Gasteiger partial charge >= 0.3 is 6.09 Å². The second-order valence-corrected chi connectivity index (χ2v) is 6.59. The van der Waals surface area contributed by atoms with Crippen LogP contribution in [0.25, 0.3) is 0 Å². The van der Waals surface area contributed by atoms with Crippen molar-refractivity contribution < 1.29 is 28.2 Å². The van der Waals surface area contributed by atoms with E-state index in [1.807, 2.05) is 18.2 Å². The highest BCUT2D eigenvalue weighted by molar-refractivity contribution is 5.91. The third kappa shape index (κ3) is 5.11. The van der Waals surface area contributed by atoms with Crippen molar-refractivity contribution in [2.45, 2.75) is 13.5 Å². The van der Waals surface area contributed by atoms with Crippen molar-refractivity contribution in [1.82, 2.24) is 9.80 Å². The molecule has 0 spiro atoms. The van der Waals surface area contributed by atoms with Gasteiger partial charge in [0.1, 0.15) is 18.6 Å². The van der Waals surface area contributed by atoms with Gasteiger partial charge in [0.05, 0.1) is 13.7 Å².